The van der Waals surface area contributed by atoms with Crippen LogP contribution in [0, 0.1) is 11.8 Å². The van der Waals surface area contributed by atoms with Gasteiger partial charge in [-0.05, 0) is 68.7 Å². The molecule has 0 radical (unpaired) electrons. The van der Waals surface area contributed by atoms with Crippen LogP contribution in [0.3, 0.4) is 0 Å². The van der Waals surface area contributed by atoms with Gasteiger partial charge in [-0.25, -0.2) is 0 Å². The molecule has 0 unspecified atom stereocenters. The highest BCUT2D eigenvalue weighted by atomic mass is 16.5. The Morgan fingerprint density at radius 1 is 1.18 bits per heavy atom. The van der Waals surface area contributed by atoms with Crippen LogP contribution in [0.1, 0.15) is 74.7 Å². The SMILES string of the molecule is CC[C@H](C)[C@H](C(=O)N(CCCOC)C[C@H]1CCCN2CCCC[C@H]12)N1Cc2ccccc2C1=O. The van der Waals surface area contributed by atoms with Gasteiger partial charge in [-0.15, -0.1) is 0 Å². The molecule has 0 N–H and O–H groups in total. The molecule has 4 rings (SSSR count). The maximum Gasteiger partial charge on any atom is 0.255 e. The largest absolute Gasteiger partial charge is 0.385 e. The Morgan fingerprint density at radius 3 is 2.74 bits per heavy atom. The summed E-state index contributed by atoms with van der Waals surface area (Å²) in [7, 11) is 1.72. The van der Waals surface area contributed by atoms with E-state index in [4.69, 9.17) is 4.74 Å². The second-order valence-corrected chi connectivity index (χ2v) is 10.6. The molecule has 188 valence electrons. The van der Waals surface area contributed by atoms with E-state index >= 15 is 0 Å². The van der Waals surface area contributed by atoms with Crippen molar-refractivity contribution >= 4 is 11.8 Å². The van der Waals surface area contributed by atoms with Crippen molar-refractivity contribution in [3.05, 3.63) is 35.4 Å². The summed E-state index contributed by atoms with van der Waals surface area (Å²) >= 11 is 0. The maximum absolute atomic E-state index is 14.2. The van der Waals surface area contributed by atoms with Gasteiger partial charge in [0.1, 0.15) is 6.04 Å². The first-order valence-electron chi connectivity index (χ1n) is 13.5. The summed E-state index contributed by atoms with van der Waals surface area (Å²) in [6, 6.07) is 7.98. The number of piperidine rings is 2. The van der Waals surface area contributed by atoms with Gasteiger partial charge >= 0.3 is 0 Å². The molecule has 34 heavy (non-hydrogen) atoms. The second kappa shape index (κ2) is 11.7. The Hall–Kier alpha value is -1.92. The lowest BCUT2D eigenvalue weighted by Gasteiger charge is -2.46. The minimum absolute atomic E-state index is 0.00205. The first kappa shape index (κ1) is 25.2. The summed E-state index contributed by atoms with van der Waals surface area (Å²) in [5.74, 6) is 0.750. The minimum atomic E-state index is -0.418. The third-order valence-corrected chi connectivity index (χ3v) is 8.39. The molecular formula is C28H43N3O3. The monoisotopic (exact) mass is 469 g/mol. The summed E-state index contributed by atoms with van der Waals surface area (Å²) in [5, 5.41) is 0. The van der Waals surface area contributed by atoms with E-state index in [0.717, 1.165) is 30.5 Å². The standard InChI is InChI=1S/C28H43N3O3/c1-4-21(2)26(31-20-22-11-5-6-13-24(22)27(31)32)28(33)30(17-10-18-34-3)19-23-12-9-16-29-15-8-7-14-25(23)29/h5-6,11,13,21,23,25-26H,4,7-10,12,14-20H2,1-3H3/t21-,23+,25+,26+/m0/s1. The molecular weight excluding hydrogens is 426 g/mol. The van der Waals surface area contributed by atoms with Crippen LogP contribution in [0.4, 0.5) is 0 Å². The number of methoxy groups -OCH3 is 1. The van der Waals surface area contributed by atoms with Gasteiger partial charge in [-0.2, -0.15) is 0 Å². The zero-order valence-electron chi connectivity index (χ0n) is 21.4. The van der Waals surface area contributed by atoms with Crippen molar-refractivity contribution in [3.8, 4) is 0 Å². The van der Waals surface area contributed by atoms with Crippen molar-refractivity contribution in [2.24, 2.45) is 11.8 Å². The molecule has 2 amide bonds. The van der Waals surface area contributed by atoms with Gasteiger partial charge in [0, 0.05) is 45.0 Å². The normalized spacial score (nSPS) is 24.4. The Kier molecular flexibility index (Phi) is 8.65. The van der Waals surface area contributed by atoms with Gasteiger partial charge < -0.3 is 19.4 Å². The topological polar surface area (TPSA) is 53.1 Å². The highest BCUT2D eigenvalue weighted by Crippen LogP contribution is 2.33. The van der Waals surface area contributed by atoms with E-state index in [-0.39, 0.29) is 17.7 Å². The Balaban J connectivity index is 1.56. The van der Waals surface area contributed by atoms with Crippen molar-refractivity contribution in [3.63, 3.8) is 0 Å². The van der Waals surface area contributed by atoms with Crippen molar-refractivity contribution in [2.45, 2.75) is 77.4 Å². The number of carbonyl (C=O) groups is 2. The van der Waals surface area contributed by atoms with Crippen molar-refractivity contribution < 1.29 is 14.3 Å². The summed E-state index contributed by atoms with van der Waals surface area (Å²) in [5.41, 5.74) is 1.78. The molecule has 6 nitrogen and oxygen atoms in total. The molecule has 3 aliphatic heterocycles. The molecule has 0 bridgehead atoms. The fraction of sp³-hybridized carbons (Fsp3) is 0.714. The van der Waals surface area contributed by atoms with E-state index in [1.165, 1.54) is 45.2 Å². The first-order chi connectivity index (χ1) is 16.5. The number of fused-ring (bicyclic) bond motifs is 2. The third-order valence-electron chi connectivity index (χ3n) is 8.39. The van der Waals surface area contributed by atoms with E-state index < -0.39 is 6.04 Å². The number of amides is 2. The third kappa shape index (κ3) is 5.33. The average Bonchev–Trinajstić information content (AvgIpc) is 3.19. The maximum atomic E-state index is 14.2. The van der Waals surface area contributed by atoms with Gasteiger partial charge in [-0.3, -0.25) is 9.59 Å². The number of hydrogen-bond acceptors (Lipinski definition) is 4. The minimum Gasteiger partial charge on any atom is -0.385 e. The van der Waals surface area contributed by atoms with E-state index in [0.29, 0.717) is 31.7 Å². The van der Waals surface area contributed by atoms with E-state index in [2.05, 4.69) is 23.6 Å². The quantitative estimate of drug-likeness (QED) is 0.482. The molecule has 4 atom stereocenters. The number of nitrogens with zero attached hydrogens (tertiary/aromatic N) is 3. The molecule has 3 heterocycles. The molecule has 0 aromatic heterocycles. The van der Waals surface area contributed by atoms with Crippen LogP contribution >= 0.6 is 0 Å². The lowest BCUT2D eigenvalue weighted by molar-refractivity contribution is -0.139. The molecule has 0 saturated carbocycles. The predicted octanol–water partition coefficient (Wildman–Crippen LogP) is 4.19. The number of carbonyl (C=O) groups excluding carboxylic acids is 2. The van der Waals surface area contributed by atoms with E-state index in [1.807, 2.05) is 29.2 Å². The van der Waals surface area contributed by atoms with E-state index in [1.54, 1.807) is 7.11 Å². The van der Waals surface area contributed by atoms with Crippen molar-refractivity contribution in [1.29, 1.82) is 0 Å². The predicted molar refractivity (Wildman–Crippen MR) is 135 cm³/mol. The van der Waals surface area contributed by atoms with Gasteiger partial charge in [-0.1, -0.05) is 44.9 Å². The van der Waals surface area contributed by atoms with Crippen molar-refractivity contribution in [2.75, 3.05) is 39.9 Å². The highest BCUT2D eigenvalue weighted by molar-refractivity contribution is 6.01. The van der Waals surface area contributed by atoms with Crippen LogP contribution < -0.4 is 0 Å². The smallest absolute Gasteiger partial charge is 0.255 e. The lowest BCUT2D eigenvalue weighted by atomic mass is 9.83. The van der Waals surface area contributed by atoms with Crippen LogP contribution in [0.2, 0.25) is 0 Å². The van der Waals surface area contributed by atoms with Gasteiger partial charge in [0.05, 0.1) is 0 Å². The van der Waals surface area contributed by atoms with E-state index in [9.17, 15) is 9.59 Å². The van der Waals surface area contributed by atoms with Crippen LogP contribution in [0.25, 0.3) is 0 Å². The van der Waals surface area contributed by atoms with Crippen LogP contribution in [0.15, 0.2) is 24.3 Å². The zero-order chi connectivity index (χ0) is 24.1. The van der Waals surface area contributed by atoms with Gasteiger partial charge in [0.2, 0.25) is 5.91 Å². The Morgan fingerprint density at radius 2 is 1.97 bits per heavy atom. The Bertz CT molecular complexity index is 842. The molecule has 1 aromatic carbocycles. The average molecular weight is 470 g/mol. The molecule has 2 fully saturated rings. The number of hydrogen-bond donors (Lipinski definition) is 0. The first-order valence-corrected chi connectivity index (χ1v) is 13.5. The highest BCUT2D eigenvalue weighted by Gasteiger charge is 2.42. The molecule has 6 heteroatoms. The van der Waals surface area contributed by atoms with Gasteiger partial charge in [0.15, 0.2) is 0 Å². The lowest BCUT2D eigenvalue weighted by Crippen LogP contribution is -2.56. The molecule has 0 spiro atoms. The summed E-state index contributed by atoms with van der Waals surface area (Å²) in [6.45, 7) is 9.31. The fourth-order valence-electron chi connectivity index (χ4n) is 6.36. The number of rotatable bonds is 10. The molecule has 1 aromatic rings. The summed E-state index contributed by atoms with van der Waals surface area (Å²) in [4.78, 5) is 34.2. The van der Waals surface area contributed by atoms with Gasteiger partial charge in [0.25, 0.3) is 5.91 Å². The fourth-order valence-corrected chi connectivity index (χ4v) is 6.36. The van der Waals surface area contributed by atoms with Crippen molar-refractivity contribution in [1.82, 2.24) is 14.7 Å². The van der Waals surface area contributed by atoms with Crippen LogP contribution in [-0.4, -0.2) is 78.5 Å². The molecule has 0 aliphatic carbocycles. The number of benzene rings is 1. The Labute approximate surface area is 205 Å². The van der Waals surface area contributed by atoms with Crippen LogP contribution in [-0.2, 0) is 16.1 Å². The molecule has 2 saturated heterocycles. The second-order valence-electron chi connectivity index (χ2n) is 10.6. The van der Waals surface area contributed by atoms with Crippen LogP contribution in [0.5, 0.6) is 0 Å². The zero-order valence-corrected chi connectivity index (χ0v) is 21.4. The number of ether oxygens (including phenoxy) is 1. The summed E-state index contributed by atoms with van der Waals surface area (Å²) < 4.78 is 5.33. The molecule has 3 aliphatic rings. The summed E-state index contributed by atoms with van der Waals surface area (Å²) in [6.07, 6.45) is 7.94.